The van der Waals surface area contributed by atoms with E-state index in [-0.39, 0.29) is 12.2 Å². The fourth-order valence-electron chi connectivity index (χ4n) is 7.70. The number of nitrogens with zero attached hydrogens (tertiary/aromatic N) is 5. The molecule has 2 aromatic carbocycles. The number of hydrogen-bond donors (Lipinski definition) is 1. The molecular formula is C37H46N6O4. The lowest BCUT2D eigenvalue weighted by atomic mass is 10.0. The van der Waals surface area contributed by atoms with Gasteiger partial charge in [-0.05, 0) is 120 Å². The third-order valence-corrected chi connectivity index (χ3v) is 9.79. The van der Waals surface area contributed by atoms with Gasteiger partial charge in [0.1, 0.15) is 28.5 Å². The third kappa shape index (κ3) is 7.32. The van der Waals surface area contributed by atoms with E-state index in [1.807, 2.05) is 102 Å². The first-order chi connectivity index (χ1) is 22.8. The monoisotopic (exact) mass is 638 g/mol. The van der Waals surface area contributed by atoms with E-state index in [1.54, 1.807) is 12.4 Å². The van der Waals surface area contributed by atoms with Gasteiger partial charge < -0.3 is 24.4 Å². The van der Waals surface area contributed by atoms with Gasteiger partial charge in [0.05, 0.1) is 12.2 Å². The van der Waals surface area contributed by atoms with E-state index in [0.717, 1.165) is 73.7 Å². The van der Waals surface area contributed by atoms with Crippen LogP contribution < -0.4 is 14.8 Å². The van der Waals surface area contributed by atoms with Crippen molar-refractivity contribution in [3.8, 4) is 22.9 Å². The number of likely N-dealkylation sites (tertiary alicyclic amines) is 1. The first-order valence-corrected chi connectivity index (χ1v) is 17.0. The number of amides is 1. The zero-order valence-electron chi connectivity index (χ0n) is 27.6. The van der Waals surface area contributed by atoms with Gasteiger partial charge in [0.2, 0.25) is 0 Å². The molecule has 10 heteroatoms. The maximum absolute atomic E-state index is 12.3. The fraction of sp³-hybridized carbons (Fsp3) is 0.486. The minimum Gasteiger partial charge on any atom is -0.488 e. The standard InChI is InChI=1S/C21H27N3O3.C16H19N3O/c1-21(2,3)27-20(25)23-13-15-11-17(12-16(15)14-23)26-19-8-5-4-7-18(19)24-10-6-9-22-24;1-2-5-16(15(4-1)19-7-3-6-18-19)20-14-8-12-10-17-11-13(12)9-14/h4-10,15-17H,11-14H2,1-3H3;1-7,12-14,17H,8-11H2/t15-,16+,17?;12-,13+,14?. The van der Waals surface area contributed by atoms with Crippen LogP contribution in [0.5, 0.6) is 11.5 Å². The lowest BCUT2D eigenvalue weighted by Gasteiger charge is -2.25. The Morgan fingerprint density at radius 3 is 1.62 bits per heavy atom. The number of fused-ring (bicyclic) bond motifs is 2. The Morgan fingerprint density at radius 1 is 0.702 bits per heavy atom. The summed E-state index contributed by atoms with van der Waals surface area (Å²) in [6, 6.07) is 20.0. The van der Waals surface area contributed by atoms with Crippen LogP contribution in [0.25, 0.3) is 11.4 Å². The lowest BCUT2D eigenvalue weighted by Crippen LogP contribution is -2.36. The smallest absolute Gasteiger partial charge is 0.410 e. The molecule has 2 aliphatic carbocycles. The van der Waals surface area contributed by atoms with Gasteiger partial charge in [-0.2, -0.15) is 10.2 Å². The highest BCUT2D eigenvalue weighted by Crippen LogP contribution is 2.41. The van der Waals surface area contributed by atoms with Gasteiger partial charge in [0.15, 0.2) is 0 Å². The predicted molar refractivity (Wildman–Crippen MR) is 179 cm³/mol. The molecule has 1 N–H and O–H groups in total. The van der Waals surface area contributed by atoms with Crippen LogP contribution in [0, 0.1) is 23.7 Å². The summed E-state index contributed by atoms with van der Waals surface area (Å²) in [4.78, 5) is 14.2. The molecule has 47 heavy (non-hydrogen) atoms. The third-order valence-electron chi connectivity index (χ3n) is 9.79. The Balaban J connectivity index is 0.000000156. The molecule has 4 fully saturated rings. The molecule has 2 unspecified atom stereocenters. The van der Waals surface area contributed by atoms with Gasteiger partial charge in [-0.15, -0.1) is 0 Å². The highest BCUT2D eigenvalue weighted by atomic mass is 16.6. The molecule has 2 saturated carbocycles. The summed E-state index contributed by atoms with van der Waals surface area (Å²) >= 11 is 0. The minimum absolute atomic E-state index is 0.178. The molecule has 4 aliphatic rings. The molecule has 1 amide bonds. The molecule has 6 atom stereocenters. The van der Waals surface area contributed by atoms with Crippen LogP contribution in [-0.2, 0) is 4.74 Å². The summed E-state index contributed by atoms with van der Waals surface area (Å²) in [5, 5.41) is 12.1. The average Bonchev–Trinajstić information content (AvgIpc) is 3.87. The topological polar surface area (TPSA) is 95.7 Å². The van der Waals surface area contributed by atoms with E-state index in [2.05, 4.69) is 21.6 Å². The molecule has 4 aromatic rings. The van der Waals surface area contributed by atoms with Gasteiger partial charge in [0, 0.05) is 37.9 Å². The number of ether oxygens (including phenoxy) is 3. The number of para-hydroxylation sites is 4. The minimum atomic E-state index is -0.448. The molecule has 10 nitrogen and oxygen atoms in total. The number of carbonyl (C=O) groups is 1. The maximum Gasteiger partial charge on any atom is 0.410 e. The van der Waals surface area contributed by atoms with Crippen molar-refractivity contribution in [1.29, 1.82) is 0 Å². The second-order valence-electron chi connectivity index (χ2n) is 14.3. The van der Waals surface area contributed by atoms with Crippen LogP contribution in [-0.4, -0.2) is 74.5 Å². The van der Waals surface area contributed by atoms with Crippen molar-refractivity contribution in [2.75, 3.05) is 26.2 Å². The summed E-state index contributed by atoms with van der Waals surface area (Å²) in [5.41, 5.74) is 1.53. The van der Waals surface area contributed by atoms with E-state index < -0.39 is 5.60 Å². The summed E-state index contributed by atoms with van der Waals surface area (Å²) in [7, 11) is 0. The molecule has 2 aromatic heterocycles. The predicted octanol–water partition coefficient (Wildman–Crippen LogP) is 6.15. The van der Waals surface area contributed by atoms with Gasteiger partial charge in [-0.25, -0.2) is 14.2 Å². The van der Waals surface area contributed by atoms with Crippen molar-refractivity contribution in [3.05, 3.63) is 85.5 Å². The molecule has 0 radical (unpaired) electrons. The van der Waals surface area contributed by atoms with Gasteiger partial charge in [-0.3, -0.25) is 0 Å². The maximum atomic E-state index is 12.3. The zero-order valence-corrected chi connectivity index (χ0v) is 27.6. The Kier molecular flexibility index (Phi) is 8.94. The molecule has 2 aliphatic heterocycles. The second kappa shape index (κ2) is 13.4. The summed E-state index contributed by atoms with van der Waals surface area (Å²) in [6.07, 6.45) is 12.1. The summed E-state index contributed by atoms with van der Waals surface area (Å²) < 4.78 is 21.8. The van der Waals surface area contributed by atoms with Crippen molar-refractivity contribution in [2.24, 2.45) is 23.7 Å². The number of nitrogens with one attached hydrogen (secondary N) is 1. The number of aromatic nitrogens is 4. The molecule has 2 saturated heterocycles. The number of benzene rings is 2. The molecule has 0 spiro atoms. The number of rotatable bonds is 6. The Morgan fingerprint density at radius 2 is 1.17 bits per heavy atom. The molecule has 8 rings (SSSR count). The van der Waals surface area contributed by atoms with Gasteiger partial charge in [-0.1, -0.05) is 24.3 Å². The van der Waals surface area contributed by atoms with Crippen LogP contribution in [0.3, 0.4) is 0 Å². The first kappa shape index (κ1) is 31.3. The van der Waals surface area contributed by atoms with Crippen molar-refractivity contribution >= 4 is 6.09 Å². The van der Waals surface area contributed by atoms with E-state index in [4.69, 9.17) is 14.2 Å². The average molecular weight is 639 g/mol. The zero-order chi connectivity index (χ0) is 32.4. The van der Waals surface area contributed by atoms with Crippen LogP contribution in [0.4, 0.5) is 4.79 Å². The molecular weight excluding hydrogens is 592 g/mol. The fourth-order valence-corrected chi connectivity index (χ4v) is 7.70. The van der Waals surface area contributed by atoms with E-state index in [9.17, 15) is 4.79 Å². The SMILES string of the molecule is CC(C)(C)OC(=O)N1C[C@H]2CC(Oc3ccccc3-n3cccn3)C[C@H]2C1.c1ccc(-n2cccn2)c(OC2C[C@H]3CNC[C@H]3C2)c1. The van der Waals surface area contributed by atoms with Gasteiger partial charge >= 0.3 is 6.09 Å². The normalized spacial score (nSPS) is 26.3. The summed E-state index contributed by atoms with van der Waals surface area (Å²) in [6.45, 7) is 9.56. The van der Waals surface area contributed by atoms with Crippen molar-refractivity contribution in [2.45, 2.75) is 64.3 Å². The second-order valence-corrected chi connectivity index (χ2v) is 14.3. The lowest BCUT2D eigenvalue weighted by molar-refractivity contribution is 0.0272. The Bertz CT molecular complexity index is 1590. The quantitative estimate of drug-likeness (QED) is 0.271. The Labute approximate surface area is 277 Å². The van der Waals surface area contributed by atoms with Gasteiger partial charge in [0.25, 0.3) is 0 Å². The van der Waals surface area contributed by atoms with Crippen LogP contribution in [0.2, 0.25) is 0 Å². The first-order valence-electron chi connectivity index (χ1n) is 17.0. The van der Waals surface area contributed by atoms with Crippen molar-refractivity contribution in [3.63, 3.8) is 0 Å². The highest BCUT2D eigenvalue weighted by Gasteiger charge is 2.44. The number of carbonyl (C=O) groups excluding carboxylic acids is 1. The van der Waals surface area contributed by atoms with E-state index in [0.29, 0.717) is 17.9 Å². The van der Waals surface area contributed by atoms with Crippen LogP contribution in [0.15, 0.2) is 85.5 Å². The summed E-state index contributed by atoms with van der Waals surface area (Å²) in [5.74, 6) is 4.37. The highest BCUT2D eigenvalue weighted by molar-refractivity contribution is 5.68. The van der Waals surface area contributed by atoms with Crippen LogP contribution >= 0.6 is 0 Å². The molecule has 4 heterocycles. The number of hydrogen-bond acceptors (Lipinski definition) is 7. The Hall–Kier alpha value is -4.31. The van der Waals surface area contributed by atoms with E-state index in [1.165, 1.54) is 12.8 Å². The largest absolute Gasteiger partial charge is 0.488 e. The van der Waals surface area contributed by atoms with E-state index >= 15 is 0 Å². The molecule has 0 bridgehead atoms. The molecule has 248 valence electrons. The van der Waals surface area contributed by atoms with Crippen molar-refractivity contribution < 1.29 is 19.0 Å². The van der Waals surface area contributed by atoms with Crippen molar-refractivity contribution in [1.82, 2.24) is 29.8 Å². The van der Waals surface area contributed by atoms with Crippen LogP contribution in [0.1, 0.15) is 46.5 Å².